The molecule has 0 radical (unpaired) electrons. The second-order valence-corrected chi connectivity index (χ2v) is 7.87. The Balaban J connectivity index is 0.000000418. The Bertz CT molecular complexity index is 594. The predicted molar refractivity (Wildman–Crippen MR) is 132 cm³/mol. The highest BCUT2D eigenvalue weighted by Crippen LogP contribution is 2.25. The van der Waals surface area contributed by atoms with Crippen molar-refractivity contribution < 1.29 is 18.9 Å². The largest absolute Gasteiger partial charge is 0.391 e. The summed E-state index contributed by atoms with van der Waals surface area (Å²) in [6.45, 7) is 6.68. The molecule has 0 fully saturated rings. The van der Waals surface area contributed by atoms with Crippen LogP contribution in [0.4, 0.5) is 0 Å². The van der Waals surface area contributed by atoms with Crippen LogP contribution in [0.5, 0.6) is 0 Å². The zero-order valence-corrected chi connectivity index (χ0v) is 20.2. The summed E-state index contributed by atoms with van der Waals surface area (Å²) in [5, 5.41) is 3.82. The maximum atomic E-state index is 5.48. The van der Waals surface area contributed by atoms with Crippen molar-refractivity contribution in [1.29, 1.82) is 0 Å². The number of thiazole rings is 1. The van der Waals surface area contributed by atoms with Crippen LogP contribution in [0.3, 0.4) is 0 Å². The van der Waals surface area contributed by atoms with Crippen LogP contribution in [-0.4, -0.2) is 54.1 Å². The van der Waals surface area contributed by atoms with E-state index >= 15 is 0 Å². The Morgan fingerprint density at radius 1 is 1.20 bits per heavy atom. The van der Waals surface area contributed by atoms with Crippen molar-refractivity contribution in [1.82, 2.24) is 4.98 Å². The van der Waals surface area contributed by atoms with Gasteiger partial charge in [0, 0.05) is 24.8 Å². The average Bonchev–Trinajstić information content (AvgIpc) is 3.31. The summed E-state index contributed by atoms with van der Waals surface area (Å²) in [6, 6.07) is 0. The number of halogens is 1. The third-order valence-electron chi connectivity index (χ3n) is 3.70. The molecule has 1 aromatic rings. The van der Waals surface area contributed by atoms with Crippen LogP contribution < -0.4 is 5.73 Å². The number of hydrogen-bond donors (Lipinski definition) is 1. The molecule has 3 heterocycles. The molecule has 1 aromatic heterocycles. The van der Waals surface area contributed by atoms with Gasteiger partial charge in [-0.15, -0.1) is 11.3 Å². The number of ether oxygens (including phenoxy) is 4. The molecule has 0 aromatic carbocycles. The topological polar surface area (TPSA) is 75.8 Å². The molecule has 2 aliphatic heterocycles. The van der Waals surface area contributed by atoms with Crippen molar-refractivity contribution in [2.24, 2.45) is 5.73 Å². The lowest BCUT2D eigenvalue weighted by molar-refractivity contribution is -0.119. The Kier molecular flexibility index (Phi) is 18.6. The molecule has 2 atom stereocenters. The third-order valence-corrected chi connectivity index (χ3v) is 5.36. The second-order valence-electron chi connectivity index (χ2n) is 5.83. The smallest absolute Gasteiger partial charge is 0.167 e. The van der Waals surface area contributed by atoms with Gasteiger partial charge in [-0.3, -0.25) is 0 Å². The van der Waals surface area contributed by atoms with E-state index in [1.54, 1.807) is 11.3 Å². The van der Waals surface area contributed by atoms with Crippen molar-refractivity contribution in [2.75, 3.05) is 31.8 Å². The summed E-state index contributed by atoms with van der Waals surface area (Å²) in [4.78, 5) is 4.66. The third kappa shape index (κ3) is 12.9. The quantitative estimate of drug-likeness (QED) is 0.228. The number of alkyl halides is 1. The molecule has 0 saturated heterocycles. The van der Waals surface area contributed by atoms with E-state index in [-0.39, 0.29) is 25.9 Å². The average molecular weight is 524 g/mol. The van der Waals surface area contributed by atoms with Gasteiger partial charge in [0.25, 0.3) is 0 Å². The molecule has 0 aliphatic carbocycles. The standard InChI is InChI=1S/C8H9NOS.C6H13BrO2.C6H9NOS.CH4/c1-2-5-10-7(3-1)8-9-4-6-11-8;1-3-8-6(5-7)9-4-2;7-6(9)5-3-1-2-4-8-5;/h1-2,4,6-7H,3,5H2;6H,3-5H2,1-2H3;1-2,5H,3-4H2,(H2,7,9);1H4. The number of nitrogens with two attached hydrogens (primary N) is 1. The summed E-state index contributed by atoms with van der Waals surface area (Å²) in [7, 11) is 0. The van der Waals surface area contributed by atoms with Gasteiger partial charge in [-0.05, 0) is 26.7 Å². The minimum absolute atomic E-state index is 0. The molecule has 2 unspecified atom stereocenters. The first kappa shape index (κ1) is 29.3. The molecule has 3 rings (SSSR count). The lowest BCUT2D eigenvalue weighted by atomic mass is 10.2. The molecular weight excluding hydrogens is 488 g/mol. The number of hydrogen-bond acceptors (Lipinski definition) is 7. The van der Waals surface area contributed by atoms with E-state index in [9.17, 15) is 0 Å². The molecule has 9 heteroatoms. The van der Waals surface area contributed by atoms with Gasteiger partial charge in [0.2, 0.25) is 0 Å². The van der Waals surface area contributed by atoms with Crippen molar-refractivity contribution >= 4 is 44.5 Å². The van der Waals surface area contributed by atoms with Crippen LogP contribution in [0.2, 0.25) is 0 Å². The van der Waals surface area contributed by atoms with Crippen LogP contribution in [0.1, 0.15) is 45.2 Å². The monoisotopic (exact) mass is 522 g/mol. The van der Waals surface area contributed by atoms with E-state index in [0.717, 1.165) is 29.8 Å². The van der Waals surface area contributed by atoms with Crippen molar-refractivity contribution in [3.05, 3.63) is 40.9 Å². The minimum atomic E-state index is -0.0694. The van der Waals surface area contributed by atoms with Crippen LogP contribution >= 0.6 is 39.5 Å². The van der Waals surface area contributed by atoms with Gasteiger partial charge in [0.1, 0.15) is 22.2 Å². The lowest BCUT2D eigenvalue weighted by Gasteiger charge is -2.16. The maximum absolute atomic E-state index is 5.48. The van der Waals surface area contributed by atoms with Crippen molar-refractivity contribution in [3.63, 3.8) is 0 Å². The van der Waals surface area contributed by atoms with Gasteiger partial charge >= 0.3 is 0 Å². The fourth-order valence-corrected chi connectivity index (χ4v) is 3.57. The highest BCUT2D eigenvalue weighted by atomic mass is 79.9. The van der Waals surface area contributed by atoms with Gasteiger partial charge in [0.05, 0.1) is 18.5 Å². The van der Waals surface area contributed by atoms with Gasteiger partial charge < -0.3 is 24.7 Å². The normalized spacial score (nSPS) is 19.7. The Hall–Kier alpha value is -0.680. The summed E-state index contributed by atoms with van der Waals surface area (Å²) in [6.07, 6.45) is 11.9. The number of thiocarbonyl (C=S) groups is 1. The van der Waals surface area contributed by atoms with E-state index in [2.05, 4.69) is 27.0 Å². The highest BCUT2D eigenvalue weighted by Gasteiger charge is 2.14. The zero-order chi connectivity index (χ0) is 21.3. The van der Waals surface area contributed by atoms with E-state index in [0.29, 0.717) is 24.8 Å². The molecule has 6 nitrogen and oxygen atoms in total. The van der Waals surface area contributed by atoms with E-state index < -0.39 is 0 Å². The second kappa shape index (κ2) is 19.0. The minimum Gasteiger partial charge on any atom is -0.391 e. The van der Waals surface area contributed by atoms with Crippen molar-refractivity contribution in [2.45, 2.75) is 52.6 Å². The highest BCUT2D eigenvalue weighted by molar-refractivity contribution is 9.09. The predicted octanol–water partition coefficient (Wildman–Crippen LogP) is 5.19. The van der Waals surface area contributed by atoms with Crippen LogP contribution in [0.25, 0.3) is 0 Å². The van der Waals surface area contributed by atoms with Crippen LogP contribution in [0.15, 0.2) is 35.9 Å². The molecule has 0 bridgehead atoms. The summed E-state index contributed by atoms with van der Waals surface area (Å²) < 4.78 is 21.0. The maximum Gasteiger partial charge on any atom is 0.167 e. The van der Waals surface area contributed by atoms with Crippen LogP contribution in [-0.2, 0) is 18.9 Å². The Labute approximate surface area is 199 Å². The van der Waals surface area contributed by atoms with E-state index in [4.69, 9.17) is 36.9 Å². The zero-order valence-electron chi connectivity index (χ0n) is 17.0. The molecule has 0 amide bonds. The first-order valence-corrected chi connectivity index (χ1v) is 12.0. The molecular formula is C21H35BrN2O4S2. The Morgan fingerprint density at radius 2 is 1.83 bits per heavy atom. The summed E-state index contributed by atoms with van der Waals surface area (Å²) in [5.74, 6) is 0. The Morgan fingerprint density at radius 3 is 2.20 bits per heavy atom. The van der Waals surface area contributed by atoms with Gasteiger partial charge in [-0.25, -0.2) is 4.98 Å². The molecule has 2 N–H and O–H groups in total. The molecule has 0 spiro atoms. The van der Waals surface area contributed by atoms with E-state index in [1.165, 1.54) is 0 Å². The number of aromatic nitrogens is 1. The van der Waals surface area contributed by atoms with Gasteiger partial charge in [-0.2, -0.15) is 0 Å². The molecule has 30 heavy (non-hydrogen) atoms. The number of rotatable bonds is 7. The summed E-state index contributed by atoms with van der Waals surface area (Å²) in [5.41, 5.74) is 5.34. The SMILES string of the molecule is C.C1=CCC(c2nccs2)OC1.CCOC(CBr)OCC.NC(=S)C1CC=CCO1. The van der Waals surface area contributed by atoms with Gasteiger partial charge in [-0.1, -0.05) is 59.9 Å². The van der Waals surface area contributed by atoms with Crippen molar-refractivity contribution in [3.8, 4) is 0 Å². The first-order chi connectivity index (χ1) is 14.1. The first-order valence-electron chi connectivity index (χ1n) is 9.63. The van der Waals surface area contributed by atoms with E-state index in [1.807, 2.05) is 43.7 Å². The molecule has 172 valence electrons. The number of nitrogens with zero attached hydrogens (tertiary/aromatic N) is 1. The molecule has 2 aliphatic rings. The molecule has 0 saturated carbocycles. The lowest BCUT2D eigenvalue weighted by Crippen LogP contribution is -2.30. The fraction of sp³-hybridized carbons (Fsp3) is 0.619. The van der Waals surface area contributed by atoms with Crippen LogP contribution in [0, 0.1) is 0 Å². The summed E-state index contributed by atoms with van der Waals surface area (Å²) >= 11 is 9.66. The fourth-order valence-electron chi connectivity index (χ4n) is 2.33. The van der Waals surface area contributed by atoms with Gasteiger partial charge in [0.15, 0.2) is 6.29 Å².